The maximum absolute atomic E-state index is 13.2. The van der Waals surface area contributed by atoms with E-state index in [-0.39, 0.29) is 35.8 Å². The van der Waals surface area contributed by atoms with Crippen molar-refractivity contribution in [3.05, 3.63) is 83.4 Å². The maximum atomic E-state index is 13.2. The number of hydrogen-bond acceptors (Lipinski definition) is 6. The molecule has 0 bridgehead atoms. The highest BCUT2D eigenvalue weighted by atomic mass is 32.2. The zero-order valence-corrected chi connectivity index (χ0v) is 18.8. The third-order valence-electron chi connectivity index (χ3n) is 4.70. The normalized spacial score (nSPS) is 11.7. The fourth-order valence-corrected chi connectivity index (χ4v) is 3.89. The lowest BCUT2D eigenvalue weighted by Crippen LogP contribution is -2.18. The van der Waals surface area contributed by atoms with Crippen molar-refractivity contribution in [1.29, 1.82) is 0 Å². The number of sulfonamides is 1. The molecule has 180 valence electrons. The van der Waals surface area contributed by atoms with Crippen molar-refractivity contribution in [1.82, 2.24) is 0 Å². The number of alkyl halides is 3. The Bertz CT molecular complexity index is 1280. The quantitative estimate of drug-likeness (QED) is 0.386. The summed E-state index contributed by atoms with van der Waals surface area (Å²) in [5.74, 6) is -0.777. The van der Waals surface area contributed by atoms with Gasteiger partial charge in [0.25, 0.3) is 0 Å². The van der Waals surface area contributed by atoms with Crippen LogP contribution in [0.2, 0.25) is 0 Å². The molecular weight excluding hydrogens is 471 g/mol. The molecule has 0 heterocycles. The Kier molecular flexibility index (Phi) is 7.48. The summed E-state index contributed by atoms with van der Waals surface area (Å²) in [6, 6.07) is 15.7. The van der Waals surface area contributed by atoms with Crippen LogP contribution >= 0.6 is 0 Å². The fraction of sp³-hybridized carbons (Fsp3) is 0.174. The highest BCUT2D eigenvalue weighted by Crippen LogP contribution is 2.36. The molecule has 0 aliphatic carbocycles. The van der Waals surface area contributed by atoms with Crippen LogP contribution in [0, 0.1) is 0 Å². The Balaban J connectivity index is 2.13. The average molecular weight is 494 g/mol. The van der Waals surface area contributed by atoms with Crippen LogP contribution in [0.15, 0.2) is 71.6 Å². The van der Waals surface area contributed by atoms with E-state index in [1.165, 1.54) is 18.2 Å². The second-order valence-corrected chi connectivity index (χ2v) is 8.73. The molecule has 0 radical (unpaired) electrons. The van der Waals surface area contributed by atoms with Crippen LogP contribution in [-0.4, -0.2) is 21.0 Å². The van der Waals surface area contributed by atoms with Crippen molar-refractivity contribution >= 4 is 33.1 Å². The molecule has 0 fully saturated rings. The highest BCUT2D eigenvalue weighted by molar-refractivity contribution is 7.89. The largest absolute Gasteiger partial charge is 0.462 e. The molecule has 0 saturated heterocycles. The van der Waals surface area contributed by atoms with Gasteiger partial charge in [0.2, 0.25) is 10.0 Å². The number of carbonyl (C=O) groups excluding carboxylic acids is 1. The van der Waals surface area contributed by atoms with Crippen LogP contribution in [0.1, 0.15) is 28.4 Å². The van der Waals surface area contributed by atoms with Crippen molar-refractivity contribution in [2.75, 3.05) is 17.2 Å². The fourth-order valence-electron chi connectivity index (χ4n) is 3.15. The van der Waals surface area contributed by atoms with Gasteiger partial charge >= 0.3 is 12.1 Å². The smallest absolute Gasteiger partial charge is 0.416 e. The SMILES string of the molecule is CCOC(=O)c1cc(NCc2ccccc2)c(Nc2cccc(C(F)(F)F)c2)c(S(N)(=O)=O)c1. The molecule has 3 rings (SSSR count). The summed E-state index contributed by atoms with van der Waals surface area (Å²) in [4.78, 5) is 11.9. The van der Waals surface area contributed by atoms with Gasteiger partial charge in [0.05, 0.1) is 29.1 Å². The summed E-state index contributed by atoms with van der Waals surface area (Å²) in [5, 5.41) is 11.2. The van der Waals surface area contributed by atoms with Crippen LogP contribution in [0.3, 0.4) is 0 Å². The summed E-state index contributed by atoms with van der Waals surface area (Å²) >= 11 is 0. The minimum atomic E-state index is -4.59. The van der Waals surface area contributed by atoms with E-state index in [1.54, 1.807) is 6.92 Å². The van der Waals surface area contributed by atoms with Crippen LogP contribution in [0.4, 0.5) is 30.2 Å². The minimum absolute atomic E-state index is 0.0219. The molecule has 0 spiro atoms. The van der Waals surface area contributed by atoms with Gasteiger partial charge in [-0.15, -0.1) is 0 Å². The van der Waals surface area contributed by atoms with Gasteiger partial charge in [0.1, 0.15) is 4.90 Å². The van der Waals surface area contributed by atoms with Crippen molar-refractivity contribution in [3.8, 4) is 0 Å². The number of nitrogens with two attached hydrogens (primary N) is 1. The number of anilines is 3. The number of carbonyl (C=O) groups is 1. The van der Waals surface area contributed by atoms with Gasteiger partial charge in [-0.2, -0.15) is 13.2 Å². The van der Waals surface area contributed by atoms with Crippen LogP contribution in [-0.2, 0) is 27.5 Å². The summed E-state index contributed by atoms with van der Waals surface area (Å²) in [7, 11) is -4.40. The second kappa shape index (κ2) is 10.1. The molecule has 7 nitrogen and oxygen atoms in total. The first-order chi connectivity index (χ1) is 16.0. The monoisotopic (exact) mass is 493 g/mol. The summed E-state index contributed by atoms with van der Waals surface area (Å²) in [5.41, 5.74) is -0.160. The summed E-state index contributed by atoms with van der Waals surface area (Å²) in [6.07, 6.45) is -4.59. The Hall–Kier alpha value is -3.57. The molecule has 0 saturated carbocycles. The summed E-state index contributed by atoms with van der Waals surface area (Å²) < 4.78 is 69.3. The molecule has 3 aromatic rings. The number of benzene rings is 3. The number of primary sulfonamides is 1. The van der Waals surface area contributed by atoms with E-state index in [4.69, 9.17) is 9.88 Å². The van der Waals surface area contributed by atoms with Gasteiger partial charge in [0, 0.05) is 12.2 Å². The molecule has 0 unspecified atom stereocenters. The third kappa shape index (κ3) is 6.27. The summed E-state index contributed by atoms with van der Waals surface area (Å²) in [6.45, 7) is 1.88. The number of ether oxygens (including phenoxy) is 1. The van der Waals surface area contributed by atoms with E-state index in [9.17, 15) is 26.4 Å². The van der Waals surface area contributed by atoms with Gasteiger partial charge in [-0.3, -0.25) is 0 Å². The second-order valence-electron chi connectivity index (χ2n) is 7.21. The molecule has 0 atom stereocenters. The topological polar surface area (TPSA) is 111 Å². The Morgan fingerprint density at radius 2 is 1.74 bits per heavy atom. The van der Waals surface area contributed by atoms with E-state index in [0.717, 1.165) is 23.8 Å². The first kappa shape index (κ1) is 25.1. The first-order valence-corrected chi connectivity index (χ1v) is 11.6. The van der Waals surface area contributed by atoms with Crippen LogP contribution in [0.25, 0.3) is 0 Å². The molecular formula is C23H22F3N3O4S. The predicted molar refractivity (Wildman–Crippen MR) is 122 cm³/mol. The Morgan fingerprint density at radius 3 is 2.35 bits per heavy atom. The predicted octanol–water partition coefficient (Wildman–Crippen LogP) is 4.89. The number of halogens is 3. The Morgan fingerprint density at radius 1 is 1.03 bits per heavy atom. The third-order valence-corrected chi connectivity index (χ3v) is 5.64. The lowest BCUT2D eigenvalue weighted by Gasteiger charge is -2.19. The minimum Gasteiger partial charge on any atom is -0.462 e. The van der Waals surface area contributed by atoms with E-state index >= 15 is 0 Å². The number of nitrogens with one attached hydrogen (secondary N) is 2. The van der Waals surface area contributed by atoms with Gasteiger partial charge in [-0.25, -0.2) is 18.4 Å². The maximum Gasteiger partial charge on any atom is 0.416 e. The zero-order valence-electron chi connectivity index (χ0n) is 18.0. The van der Waals surface area contributed by atoms with Crippen molar-refractivity contribution < 1.29 is 31.1 Å². The number of hydrogen-bond donors (Lipinski definition) is 3. The number of esters is 1. The van der Waals surface area contributed by atoms with Crippen molar-refractivity contribution in [2.45, 2.75) is 24.5 Å². The molecule has 11 heteroatoms. The van der Waals surface area contributed by atoms with Crippen molar-refractivity contribution in [2.24, 2.45) is 5.14 Å². The molecule has 4 N–H and O–H groups in total. The van der Waals surface area contributed by atoms with Crippen LogP contribution in [0.5, 0.6) is 0 Å². The molecule has 3 aromatic carbocycles. The highest BCUT2D eigenvalue weighted by Gasteiger charge is 2.30. The average Bonchev–Trinajstić information content (AvgIpc) is 2.78. The van der Waals surface area contributed by atoms with E-state index in [0.29, 0.717) is 0 Å². The van der Waals surface area contributed by atoms with Gasteiger partial charge in [0.15, 0.2) is 0 Å². The van der Waals surface area contributed by atoms with Gasteiger partial charge in [-0.1, -0.05) is 36.4 Å². The van der Waals surface area contributed by atoms with Gasteiger partial charge < -0.3 is 15.4 Å². The van der Waals surface area contributed by atoms with Gasteiger partial charge in [-0.05, 0) is 42.8 Å². The lowest BCUT2D eigenvalue weighted by atomic mass is 10.1. The number of rotatable bonds is 8. The lowest BCUT2D eigenvalue weighted by molar-refractivity contribution is -0.137. The standard InChI is InChI=1S/C23H22F3N3O4S/c1-2-33-22(30)16-11-19(28-14-15-7-4-3-5-8-15)21(20(12-16)34(27,31)32)29-18-10-6-9-17(13-18)23(24,25)26/h3-13,28-29H,2,14H2,1H3,(H2,27,31,32). The van der Waals surface area contributed by atoms with Crippen molar-refractivity contribution in [3.63, 3.8) is 0 Å². The van der Waals surface area contributed by atoms with E-state index in [2.05, 4.69) is 10.6 Å². The van der Waals surface area contributed by atoms with E-state index in [1.807, 2.05) is 30.3 Å². The molecule has 0 aliphatic rings. The van der Waals surface area contributed by atoms with Crippen LogP contribution < -0.4 is 15.8 Å². The molecule has 0 aliphatic heterocycles. The zero-order chi connectivity index (χ0) is 24.9. The Labute approximate surface area is 194 Å². The molecule has 34 heavy (non-hydrogen) atoms. The first-order valence-electron chi connectivity index (χ1n) is 10.1. The molecule has 0 aromatic heterocycles. The molecule has 0 amide bonds. The van der Waals surface area contributed by atoms with E-state index < -0.39 is 32.6 Å².